The van der Waals surface area contributed by atoms with Crippen molar-refractivity contribution in [1.29, 1.82) is 0 Å². The largest absolute Gasteiger partial charge is 0.368 e. The molecule has 0 aliphatic carbocycles. The number of primary amides is 1. The normalized spacial score (nSPS) is 14.5. The molecule has 19 heteroatoms. The number of benzene rings is 1. The topological polar surface area (TPSA) is 285 Å². The number of fused-ring (bicyclic) bond motifs is 1. The van der Waals surface area contributed by atoms with E-state index in [9.17, 15) is 28.8 Å². The average molecular weight is 830 g/mol. The Labute approximate surface area is 342 Å². The second-order valence-electron chi connectivity index (χ2n) is 14.2. The van der Waals surface area contributed by atoms with Gasteiger partial charge in [-0.05, 0) is 86.6 Å². The van der Waals surface area contributed by atoms with Crippen LogP contribution >= 0.6 is 23.5 Å². The van der Waals surface area contributed by atoms with E-state index in [2.05, 4.69) is 41.5 Å². The zero-order valence-electron chi connectivity index (χ0n) is 33.1. The number of nitrogens with zero attached hydrogens (tertiary/aromatic N) is 1. The molecular formula is C38H59N11O6S2. The highest BCUT2D eigenvalue weighted by molar-refractivity contribution is 7.98. The van der Waals surface area contributed by atoms with Crippen LogP contribution in [0.1, 0.15) is 57.2 Å². The summed E-state index contributed by atoms with van der Waals surface area (Å²) in [5, 5.41) is 14.7. The van der Waals surface area contributed by atoms with Crippen molar-refractivity contribution in [2.75, 3.05) is 30.6 Å². The Morgan fingerprint density at radius 3 is 1.96 bits per heavy atom. The molecule has 2 heterocycles. The summed E-state index contributed by atoms with van der Waals surface area (Å²) in [4.78, 5) is 90.7. The molecule has 0 radical (unpaired) electrons. The highest BCUT2D eigenvalue weighted by atomic mass is 32.2. The first kappa shape index (κ1) is 46.8. The molecular weight excluding hydrogens is 771 g/mol. The number of carbonyl (C=O) groups excluding carboxylic acids is 6. The molecule has 2 aromatic heterocycles. The lowest BCUT2D eigenvalue weighted by Crippen LogP contribution is -2.60. The minimum atomic E-state index is -1.20. The predicted octanol–water partition coefficient (Wildman–Crippen LogP) is 0.204. The molecule has 0 bridgehead atoms. The Morgan fingerprint density at radius 2 is 1.33 bits per heavy atom. The van der Waals surface area contributed by atoms with Crippen LogP contribution in [0.4, 0.5) is 0 Å². The number of thioether (sulfide) groups is 2. The molecule has 13 N–H and O–H groups in total. The van der Waals surface area contributed by atoms with Crippen LogP contribution in [-0.2, 0) is 41.6 Å². The van der Waals surface area contributed by atoms with Crippen molar-refractivity contribution in [2.45, 2.75) is 95.0 Å². The van der Waals surface area contributed by atoms with Gasteiger partial charge in [-0.25, -0.2) is 4.98 Å². The fraction of sp³-hybridized carbons (Fsp3) is 0.553. The number of hydrogen-bond donors (Lipinski definition) is 10. The highest BCUT2D eigenvalue weighted by Crippen LogP contribution is 2.19. The Morgan fingerprint density at radius 1 is 0.737 bits per heavy atom. The van der Waals surface area contributed by atoms with Crippen molar-refractivity contribution in [3.63, 3.8) is 0 Å². The van der Waals surface area contributed by atoms with Crippen LogP contribution in [-0.4, -0.2) is 117 Å². The van der Waals surface area contributed by atoms with Crippen molar-refractivity contribution < 1.29 is 28.8 Å². The summed E-state index contributed by atoms with van der Waals surface area (Å²) in [5.41, 5.74) is 19.9. The van der Waals surface area contributed by atoms with E-state index in [0.29, 0.717) is 43.0 Å². The molecule has 0 aliphatic rings. The van der Waals surface area contributed by atoms with E-state index in [4.69, 9.17) is 17.2 Å². The molecule has 3 rings (SSSR count). The average Bonchev–Trinajstić information content (AvgIpc) is 3.86. The first-order valence-electron chi connectivity index (χ1n) is 19.1. The van der Waals surface area contributed by atoms with Crippen molar-refractivity contribution in [3.8, 4) is 0 Å². The van der Waals surface area contributed by atoms with E-state index in [1.165, 1.54) is 36.0 Å². The molecule has 6 amide bonds. The van der Waals surface area contributed by atoms with Gasteiger partial charge >= 0.3 is 0 Å². The first-order chi connectivity index (χ1) is 27.3. The van der Waals surface area contributed by atoms with Gasteiger partial charge in [0.25, 0.3) is 0 Å². The maximum absolute atomic E-state index is 14.0. The second kappa shape index (κ2) is 24.2. The zero-order chi connectivity index (χ0) is 41.9. The van der Waals surface area contributed by atoms with E-state index < -0.39 is 71.7 Å². The Kier molecular flexibility index (Phi) is 19.9. The number of aromatic amines is 2. The zero-order valence-corrected chi connectivity index (χ0v) is 34.7. The molecule has 57 heavy (non-hydrogen) atoms. The number of nitrogens with two attached hydrogens (primary N) is 3. The van der Waals surface area contributed by atoms with Gasteiger partial charge < -0.3 is 53.8 Å². The van der Waals surface area contributed by atoms with Crippen LogP contribution < -0.4 is 43.8 Å². The number of H-pyrrole nitrogens is 2. The number of unbranched alkanes of at least 4 members (excludes halogenated alkanes) is 1. The lowest BCUT2D eigenvalue weighted by molar-refractivity contribution is -0.135. The number of amides is 6. The molecule has 0 spiro atoms. The number of hydrogen-bond acceptors (Lipinski definition) is 11. The summed E-state index contributed by atoms with van der Waals surface area (Å²) in [6.07, 6.45) is 10.6. The van der Waals surface area contributed by atoms with E-state index in [1.807, 2.05) is 36.8 Å². The molecule has 0 saturated carbocycles. The third-order valence-electron chi connectivity index (χ3n) is 9.40. The van der Waals surface area contributed by atoms with Crippen LogP contribution in [0.3, 0.4) is 0 Å². The molecule has 3 aromatic rings. The van der Waals surface area contributed by atoms with Crippen LogP contribution in [0.2, 0.25) is 0 Å². The molecule has 0 fully saturated rings. The number of para-hydroxylation sites is 1. The summed E-state index contributed by atoms with van der Waals surface area (Å²) in [6, 6.07) is 1.40. The number of aromatic nitrogens is 3. The number of carbonyl (C=O) groups is 6. The summed E-state index contributed by atoms with van der Waals surface area (Å²) in [6.45, 7) is 3.87. The smallest absolute Gasteiger partial charge is 0.243 e. The maximum Gasteiger partial charge on any atom is 0.243 e. The van der Waals surface area contributed by atoms with Gasteiger partial charge in [-0.2, -0.15) is 23.5 Å². The molecule has 6 atom stereocenters. The molecule has 0 unspecified atom stereocenters. The Hall–Kier alpha value is -4.59. The standard InChI is InChI=1S/C38H59N11O6S2/c1-22(2)32(38(55)45-28(33(41)50)12-15-56-3)49-36(53)30(13-16-57-4)47-37(54)31(18-24-20-42-21-44-24)48-35(52)29(11-7-8-14-39)46-34(51)26(40)17-23-19-43-27-10-6-5-9-25(23)27/h5-6,9-10,19-22,26,28-32,43H,7-8,11-18,39-40H2,1-4H3,(H2,41,50)(H,42,44)(H,45,55)(H,46,51)(H,47,54)(H,48,52)(H,49,53)/t26-,28+,29+,30-,31-,32-/m0/s1. The molecule has 1 aromatic carbocycles. The lowest BCUT2D eigenvalue weighted by Gasteiger charge is -2.28. The molecule has 0 saturated heterocycles. The third-order valence-corrected chi connectivity index (χ3v) is 10.7. The van der Waals surface area contributed by atoms with Crippen LogP contribution in [0.15, 0.2) is 43.0 Å². The highest BCUT2D eigenvalue weighted by Gasteiger charge is 2.34. The SMILES string of the molecule is CSCC[C@H](NC(=O)[C@H](Cc1cnc[nH]1)NC(=O)[C@@H](CCCCN)NC(=O)[C@@H](N)Cc1c[nH]c2ccccc12)C(=O)N[C@H](C(=O)N[C@H](CCSC)C(N)=O)C(C)C. The molecule has 314 valence electrons. The van der Waals surface area contributed by atoms with Gasteiger partial charge in [-0.1, -0.05) is 32.0 Å². The van der Waals surface area contributed by atoms with Crippen molar-refractivity contribution in [3.05, 3.63) is 54.2 Å². The summed E-state index contributed by atoms with van der Waals surface area (Å²) in [7, 11) is 0. The van der Waals surface area contributed by atoms with Crippen molar-refractivity contribution in [1.82, 2.24) is 41.5 Å². The minimum absolute atomic E-state index is 0.0143. The number of rotatable bonds is 26. The second-order valence-corrected chi connectivity index (χ2v) is 16.1. The van der Waals surface area contributed by atoms with E-state index in [-0.39, 0.29) is 31.6 Å². The molecule has 17 nitrogen and oxygen atoms in total. The summed E-state index contributed by atoms with van der Waals surface area (Å²) < 4.78 is 0. The van der Waals surface area contributed by atoms with Gasteiger partial charge in [-0.3, -0.25) is 28.8 Å². The van der Waals surface area contributed by atoms with E-state index in [1.54, 1.807) is 20.0 Å². The van der Waals surface area contributed by atoms with Gasteiger partial charge in [0.2, 0.25) is 35.4 Å². The minimum Gasteiger partial charge on any atom is -0.368 e. The molecule has 0 aliphatic heterocycles. The fourth-order valence-corrected chi connectivity index (χ4v) is 7.06. The number of nitrogens with one attached hydrogen (secondary N) is 7. The maximum atomic E-state index is 14.0. The van der Waals surface area contributed by atoms with Gasteiger partial charge in [0.05, 0.1) is 12.4 Å². The third kappa shape index (κ3) is 15.0. The van der Waals surface area contributed by atoms with E-state index >= 15 is 0 Å². The van der Waals surface area contributed by atoms with Crippen LogP contribution in [0.25, 0.3) is 10.9 Å². The summed E-state index contributed by atoms with van der Waals surface area (Å²) in [5.74, 6) is -3.00. The Bertz CT molecular complexity index is 1760. The predicted molar refractivity (Wildman–Crippen MR) is 225 cm³/mol. The van der Waals surface area contributed by atoms with Gasteiger partial charge in [0.1, 0.15) is 30.2 Å². The quantitative estimate of drug-likeness (QED) is 0.0488. The van der Waals surface area contributed by atoms with Gasteiger partial charge in [0, 0.05) is 35.4 Å². The van der Waals surface area contributed by atoms with Gasteiger partial charge in [-0.15, -0.1) is 0 Å². The van der Waals surface area contributed by atoms with E-state index in [0.717, 1.165) is 16.5 Å². The fourth-order valence-electron chi connectivity index (χ4n) is 6.12. The van der Waals surface area contributed by atoms with Crippen molar-refractivity contribution in [2.24, 2.45) is 23.1 Å². The van der Waals surface area contributed by atoms with Crippen LogP contribution in [0, 0.1) is 5.92 Å². The monoisotopic (exact) mass is 829 g/mol. The lowest BCUT2D eigenvalue weighted by atomic mass is 10.0. The van der Waals surface area contributed by atoms with Gasteiger partial charge in [0.15, 0.2) is 0 Å². The number of imidazole rings is 1. The van der Waals surface area contributed by atoms with Crippen molar-refractivity contribution >= 4 is 69.9 Å². The first-order valence-corrected chi connectivity index (χ1v) is 21.8. The van der Waals surface area contributed by atoms with Crippen LogP contribution in [0.5, 0.6) is 0 Å². The summed E-state index contributed by atoms with van der Waals surface area (Å²) >= 11 is 2.96. The Balaban J connectivity index is 1.79.